The molecule has 0 aliphatic heterocycles. The Morgan fingerprint density at radius 1 is 0.313 bits per heavy atom. The number of hydrogen-bond acceptors (Lipinski definition) is 4. The molecule has 0 aliphatic carbocycles. The molecule has 0 N–H and O–H groups in total. The van der Waals surface area contributed by atoms with E-state index in [1.54, 1.807) is 0 Å². The molecule has 0 spiro atoms. The molecule has 14 rings (SSSR count). The first-order valence-electron chi connectivity index (χ1n) is 22.6. The zero-order valence-corrected chi connectivity index (χ0v) is 36.0. The summed E-state index contributed by atoms with van der Waals surface area (Å²) in [5.41, 5.74) is 12.9. The van der Waals surface area contributed by atoms with Gasteiger partial charge in [-0.1, -0.05) is 158 Å². The van der Waals surface area contributed by atoms with E-state index in [4.69, 9.17) is 19.4 Å². The molecule has 0 aliphatic rings. The molecule has 6 nitrogen and oxygen atoms in total. The van der Waals surface area contributed by atoms with Crippen LogP contribution in [0.5, 0.6) is 0 Å². The smallest absolute Gasteiger partial charge is 0.164 e. The fourth-order valence-corrected chi connectivity index (χ4v) is 10.3. The van der Waals surface area contributed by atoms with Crippen LogP contribution in [0.2, 0.25) is 0 Å². The second-order valence-electron chi connectivity index (χ2n) is 17.2. The summed E-state index contributed by atoms with van der Waals surface area (Å²) in [6.45, 7) is 0. The third kappa shape index (κ3) is 5.86. The highest BCUT2D eigenvalue weighted by Gasteiger charge is 2.24. The number of benzene rings is 10. The maximum atomic E-state index is 6.81. The van der Waals surface area contributed by atoms with E-state index in [1.165, 1.54) is 21.5 Å². The van der Waals surface area contributed by atoms with E-state index in [9.17, 15) is 0 Å². The molecule has 10 aromatic carbocycles. The lowest BCUT2D eigenvalue weighted by atomic mass is 10.0. The maximum Gasteiger partial charge on any atom is 0.164 e. The Hall–Kier alpha value is -9.13. The van der Waals surface area contributed by atoms with Crippen molar-refractivity contribution in [1.29, 1.82) is 0 Å². The number of furan rings is 1. The summed E-state index contributed by atoms with van der Waals surface area (Å²) in [5, 5.41) is 9.02. The van der Waals surface area contributed by atoms with E-state index in [0.29, 0.717) is 17.5 Å². The second kappa shape index (κ2) is 14.7. The van der Waals surface area contributed by atoms with Gasteiger partial charge in [-0.3, -0.25) is 0 Å². The Bertz CT molecular complexity index is 4280. The van der Waals surface area contributed by atoms with E-state index < -0.39 is 0 Å². The number of para-hydroxylation sites is 4. The van der Waals surface area contributed by atoms with Gasteiger partial charge in [-0.15, -0.1) is 0 Å². The van der Waals surface area contributed by atoms with Gasteiger partial charge in [-0.05, 0) is 88.6 Å². The zero-order valence-electron chi connectivity index (χ0n) is 36.0. The highest BCUT2D eigenvalue weighted by atomic mass is 16.3. The van der Waals surface area contributed by atoms with E-state index >= 15 is 0 Å². The lowest BCUT2D eigenvalue weighted by Gasteiger charge is -2.14. The van der Waals surface area contributed by atoms with Gasteiger partial charge in [-0.2, -0.15) is 0 Å². The van der Waals surface area contributed by atoms with Gasteiger partial charge in [0.05, 0.1) is 33.1 Å². The predicted octanol–water partition coefficient (Wildman–Crippen LogP) is 15.8. The number of aromatic nitrogens is 5. The maximum absolute atomic E-state index is 6.81. The summed E-state index contributed by atoms with van der Waals surface area (Å²) >= 11 is 0. The molecule has 0 unspecified atom stereocenters. The summed E-state index contributed by atoms with van der Waals surface area (Å²) in [6.07, 6.45) is 0. The molecule has 0 saturated heterocycles. The predicted molar refractivity (Wildman–Crippen MR) is 275 cm³/mol. The molecule has 67 heavy (non-hydrogen) atoms. The molecule has 0 saturated carbocycles. The summed E-state index contributed by atoms with van der Waals surface area (Å²) in [7, 11) is 0. The van der Waals surface area contributed by atoms with Gasteiger partial charge in [0.15, 0.2) is 17.5 Å². The largest absolute Gasteiger partial charge is 0.456 e. The molecule has 0 radical (unpaired) electrons. The number of rotatable bonds is 6. The zero-order chi connectivity index (χ0) is 44.0. The summed E-state index contributed by atoms with van der Waals surface area (Å²) < 4.78 is 11.5. The van der Waals surface area contributed by atoms with Crippen molar-refractivity contribution in [1.82, 2.24) is 24.1 Å². The van der Waals surface area contributed by atoms with Crippen LogP contribution in [0.1, 0.15) is 0 Å². The van der Waals surface area contributed by atoms with Gasteiger partial charge >= 0.3 is 0 Å². The van der Waals surface area contributed by atoms with Crippen molar-refractivity contribution >= 4 is 76.3 Å². The van der Waals surface area contributed by atoms with Crippen LogP contribution >= 0.6 is 0 Å². The van der Waals surface area contributed by atoms with Crippen LogP contribution in [-0.2, 0) is 0 Å². The fourth-order valence-electron chi connectivity index (χ4n) is 10.3. The van der Waals surface area contributed by atoms with Crippen LogP contribution in [0.25, 0.3) is 133 Å². The molecule has 312 valence electrons. The Kier molecular flexibility index (Phi) is 8.18. The Morgan fingerprint density at radius 3 is 1.73 bits per heavy atom. The second-order valence-corrected chi connectivity index (χ2v) is 17.2. The van der Waals surface area contributed by atoms with Crippen molar-refractivity contribution in [2.45, 2.75) is 0 Å². The van der Waals surface area contributed by atoms with Crippen LogP contribution in [0.3, 0.4) is 0 Å². The minimum absolute atomic E-state index is 0.545. The number of fused-ring (bicyclic) bond motifs is 10. The average molecular weight is 856 g/mol. The third-order valence-electron chi connectivity index (χ3n) is 13.3. The van der Waals surface area contributed by atoms with Crippen molar-refractivity contribution in [2.24, 2.45) is 0 Å². The SMILES string of the molecule is c1ccc(-c2cccc(-c3nc(-c4cc(-n5c6ccccc6c6cc7ccccc7cc65)c5c(c4)oc4ccccc45)nc(-c4cccc5c4c4ccccc4n5-c4ccccc4)n3)c2)cc1. The molecule has 6 heteroatoms. The first kappa shape index (κ1) is 37.3. The van der Waals surface area contributed by atoms with Crippen LogP contribution in [0.4, 0.5) is 0 Å². The Labute approximate surface area is 384 Å². The van der Waals surface area contributed by atoms with E-state index in [-0.39, 0.29) is 0 Å². The lowest BCUT2D eigenvalue weighted by molar-refractivity contribution is 0.669. The van der Waals surface area contributed by atoms with Gasteiger partial charge in [0.25, 0.3) is 0 Å². The standard InChI is InChI=1S/C61H37N5O/c1-3-17-38(18-4-1)39-21-15-22-42(33-39)59-62-60(64-61(63-59)48-28-16-31-52-57(48)46-26-10-13-30-51(46)65(52)44-23-5-2-6-24-44)43-36-54(58-47-27-11-14-32-55(47)67-56(58)37-43)66-50-29-12-9-25-45(50)49-34-40-19-7-8-20-41(40)35-53(49)66/h1-37H. The van der Waals surface area contributed by atoms with Crippen LogP contribution in [-0.4, -0.2) is 24.1 Å². The average Bonchev–Trinajstić information content (AvgIpc) is 4.06. The van der Waals surface area contributed by atoms with E-state index in [2.05, 4.69) is 215 Å². The number of nitrogens with zero attached hydrogens (tertiary/aromatic N) is 5. The van der Waals surface area contributed by atoms with Crippen LogP contribution < -0.4 is 0 Å². The molecule has 0 bridgehead atoms. The molecule has 0 fully saturated rings. The highest BCUT2D eigenvalue weighted by Crippen LogP contribution is 2.43. The van der Waals surface area contributed by atoms with Crippen molar-refractivity contribution in [3.63, 3.8) is 0 Å². The van der Waals surface area contributed by atoms with Crippen molar-refractivity contribution in [2.75, 3.05) is 0 Å². The molecule has 4 aromatic heterocycles. The Morgan fingerprint density at radius 2 is 0.910 bits per heavy atom. The van der Waals surface area contributed by atoms with Crippen LogP contribution in [0.15, 0.2) is 229 Å². The summed E-state index contributed by atoms with van der Waals surface area (Å²) in [5.74, 6) is 1.71. The third-order valence-corrected chi connectivity index (χ3v) is 13.3. The fraction of sp³-hybridized carbons (Fsp3) is 0. The quantitative estimate of drug-likeness (QED) is 0.167. The monoisotopic (exact) mass is 855 g/mol. The first-order chi connectivity index (χ1) is 33.2. The van der Waals surface area contributed by atoms with Crippen LogP contribution in [0, 0.1) is 0 Å². The normalized spacial score (nSPS) is 11.9. The minimum atomic E-state index is 0.545. The molecular weight excluding hydrogens is 819 g/mol. The van der Waals surface area contributed by atoms with Crippen molar-refractivity contribution in [3.8, 4) is 56.7 Å². The van der Waals surface area contributed by atoms with Gasteiger partial charge in [0.2, 0.25) is 0 Å². The highest BCUT2D eigenvalue weighted by molar-refractivity contribution is 6.18. The van der Waals surface area contributed by atoms with Gasteiger partial charge in [0.1, 0.15) is 11.2 Å². The summed E-state index contributed by atoms with van der Waals surface area (Å²) in [6, 6.07) is 79.1. The molecule has 0 amide bonds. The molecular formula is C61H37N5O. The number of hydrogen-bond donors (Lipinski definition) is 0. The Balaban J connectivity index is 1.07. The molecule has 14 aromatic rings. The van der Waals surface area contributed by atoms with Gasteiger partial charge in [0, 0.05) is 49.3 Å². The first-order valence-corrected chi connectivity index (χ1v) is 22.6. The van der Waals surface area contributed by atoms with E-state index in [0.717, 1.165) is 94.0 Å². The lowest BCUT2D eigenvalue weighted by Crippen LogP contribution is -2.02. The topological polar surface area (TPSA) is 61.7 Å². The van der Waals surface area contributed by atoms with Crippen molar-refractivity contribution < 1.29 is 4.42 Å². The van der Waals surface area contributed by atoms with E-state index in [1.807, 2.05) is 18.2 Å². The van der Waals surface area contributed by atoms with Gasteiger partial charge < -0.3 is 13.6 Å². The minimum Gasteiger partial charge on any atom is -0.456 e. The molecule has 4 heterocycles. The summed E-state index contributed by atoms with van der Waals surface area (Å²) in [4.78, 5) is 16.3. The van der Waals surface area contributed by atoms with Gasteiger partial charge in [-0.25, -0.2) is 15.0 Å². The van der Waals surface area contributed by atoms with Crippen molar-refractivity contribution in [3.05, 3.63) is 224 Å². The molecule has 0 atom stereocenters.